The fraction of sp³-hybridized carbons (Fsp3) is 0.143. The highest BCUT2D eigenvalue weighted by Crippen LogP contribution is 2.38. The van der Waals surface area contributed by atoms with Crippen molar-refractivity contribution in [3.05, 3.63) is 78.1 Å². The van der Waals surface area contributed by atoms with Gasteiger partial charge in [0.1, 0.15) is 4.75 Å². The van der Waals surface area contributed by atoms with Gasteiger partial charge >= 0.3 is 0 Å². The lowest BCUT2D eigenvalue weighted by Gasteiger charge is -2.27. The van der Waals surface area contributed by atoms with Crippen LogP contribution in [0.2, 0.25) is 5.15 Å². The molecule has 5 rings (SSSR count). The smallest absolute Gasteiger partial charge is 0.244 e. The molecular weight excluding hydrogens is 427 g/mol. The third kappa shape index (κ3) is 2.64. The maximum Gasteiger partial charge on any atom is 0.248 e. The summed E-state index contributed by atoms with van der Waals surface area (Å²) in [5, 5.41) is 4.70. The van der Waals surface area contributed by atoms with Gasteiger partial charge in [0.15, 0.2) is 10.8 Å². The van der Waals surface area contributed by atoms with Crippen LogP contribution in [0.1, 0.15) is 13.3 Å². The van der Waals surface area contributed by atoms with Crippen LogP contribution in [-0.2, 0) is 10.0 Å². The first-order valence-electron chi connectivity index (χ1n) is 9.21. The molecule has 4 aromatic rings. The van der Waals surface area contributed by atoms with Gasteiger partial charge in [0, 0.05) is 22.7 Å². The normalized spacial score (nSPS) is 19.2. The van der Waals surface area contributed by atoms with Gasteiger partial charge in [-0.15, -0.1) is 0 Å². The zero-order chi connectivity index (χ0) is 21.1. The summed E-state index contributed by atoms with van der Waals surface area (Å²) in [5.74, 6) is -0.656. The quantitative estimate of drug-likeness (QED) is 0.465. The van der Waals surface area contributed by atoms with Crippen molar-refractivity contribution in [2.24, 2.45) is 0 Å². The van der Waals surface area contributed by atoms with Crippen molar-refractivity contribution in [3.8, 4) is 11.1 Å². The van der Waals surface area contributed by atoms with Gasteiger partial charge in [0.05, 0.1) is 11.7 Å². The zero-order valence-electron chi connectivity index (χ0n) is 15.8. The van der Waals surface area contributed by atoms with Gasteiger partial charge in [0.25, 0.3) is 0 Å². The number of hydrogen-bond donors (Lipinski definition) is 0. The maximum absolute atomic E-state index is 14.1. The SMILES string of the molecule is CC1(S(=O)(=O)n2cc(-c3cc(Cl)nn4c(F)cnc34)c3ccccc32)C=CC=CC1. The topological polar surface area (TPSA) is 69.3 Å². The fourth-order valence-corrected chi connectivity index (χ4v) is 5.65. The van der Waals surface area contributed by atoms with E-state index in [1.54, 1.807) is 43.5 Å². The first kappa shape index (κ1) is 19.0. The molecule has 9 heteroatoms. The first-order chi connectivity index (χ1) is 14.3. The highest BCUT2D eigenvalue weighted by Gasteiger charge is 2.39. The van der Waals surface area contributed by atoms with Gasteiger partial charge in [-0.2, -0.15) is 14.0 Å². The summed E-state index contributed by atoms with van der Waals surface area (Å²) >= 11 is 6.13. The number of benzene rings is 1. The number of allylic oxidation sites excluding steroid dienone is 3. The summed E-state index contributed by atoms with van der Waals surface area (Å²) < 4.78 is 42.6. The Labute approximate surface area is 177 Å². The van der Waals surface area contributed by atoms with Crippen molar-refractivity contribution < 1.29 is 12.8 Å². The van der Waals surface area contributed by atoms with Crippen LogP contribution >= 0.6 is 11.6 Å². The van der Waals surface area contributed by atoms with Crippen LogP contribution in [0.25, 0.3) is 27.7 Å². The summed E-state index contributed by atoms with van der Waals surface area (Å²) in [4.78, 5) is 4.11. The lowest BCUT2D eigenvalue weighted by Crippen LogP contribution is -2.37. The lowest BCUT2D eigenvalue weighted by atomic mass is 10.0. The number of nitrogens with zero attached hydrogens (tertiary/aromatic N) is 4. The average Bonchev–Trinajstić information content (AvgIpc) is 3.30. The molecule has 0 bridgehead atoms. The monoisotopic (exact) mass is 442 g/mol. The molecule has 0 fully saturated rings. The molecule has 0 aliphatic heterocycles. The number of halogens is 2. The molecule has 0 amide bonds. The van der Waals surface area contributed by atoms with Crippen LogP contribution in [0, 0.1) is 5.95 Å². The molecule has 1 aliphatic rings. The first-order valence-corrected chi connectivity index (χ1v) is 11.0. The third-order valence-corrected chi connectivity index (χ3v) is 7.92. The van der Waals surface area contributed by atoms with E-state index in [0.717, 1.165) is 10.7 Å². The van der Waals surface area contributed by atoms with Crippen molar-refractivity contribution in [1.29, 1.82) is 0 Å². The van der Waals surface area contributed by atoms with Gasteiger partial charge < -0.3 is 0 Å². The molecule has 1 aromatic carbocycles. The van der Waals surface area contributed by atoms with E-state index in [4.69, 9.17) is 11.6 Å². The molecule has 0 radical (unpaired) electrons. The largest absolute Gasteiger partial charge is 0.248 e. The number of aromatic nitrogens is 4. The van der Waals surface area contributed by atoms with Crippen LogP contribution in [0.5, 0.6) is 0 Å². The molecule has 0 N–H and O–H groups in total. The number of fused-ring (bicyclic) bond motifs is 2. The van der Waals surface area contributed by atoms with Gasteiger partial charge in [-0.1, -0.05) is 54.1 Å². The number of rotatable bonds is 3. The second kappa shape index (κ2) is 6.52. The van der Waals surface area contributed by atoms with Crippen LogP contribution < -0.4 is 0 Å². The van der Waals surface area contributed by atoms with E-state index >= 15 is 0 Å². The summed E-state index contributed by atoms with van der Waals surface area (Å²) in [5.41, 5.74) is 1.85. The Morgan fingerprint density at radius 3 is 2.77 bits per heavy atom. The minimum atomic E-state index is -3.80. The van der Waals surface area contributed by atoms with E-state index in [2.05, 4.69) is 10.1 Å². The zero-order valence-corrected chi connectivity index (χ0v) is 17.4. The summed E-state index contributed by atoms with van der Waals surface area (Å²) in [7, 11) is -3.80. The van der Waals surface area contributed by atoms with Crippen LogP contribution in [-0.4, -0.2) is 31.7 Å². The molecule has 0 saturated heterocycles. The Kier molecular flexibility index (Phi) is 4.13. The third-order valence-electron chi connectivity index (χ3n) is 5.43. The van der Waals surface area contributed by atoms with Crippen molar-refractivity contribution in [3.63, 3.8) is 0 Å². The van der Waals surface area contributed by atoms with Crippen molar-refractivity contribution in [1.82, 2.24) is 18.6 Å². The predicted octanol–water partition coefficient (Wildman–Crippen LogP) is 4.60. The van der Waals surface area contributed by atoms with Gasteiger partial charge in [-0.05, 0) is 25.5 Å². The Morgan fingerprint density at radius 1 is 1.20 bits per heavy atom. The van der Waals surface area contributed by atoms with Gasteiger partial charge in [-0.25, -0.2) is 17.4 Å². The van der Waals surface area contributed by atoms with Crippen LogP contribution in [0.4, 0.5) is 4.39 Å². The van der Waals surface area contributed by atoms with Crippen molar-refractivity contribution in [2.45, 2.75) is 18.1 Å². The average molecular weight is 443 g/mol. The van der Waals surface area contributed by atoms with Gasteiger partial charge in [-0.3, -0.25) is 0 Å². The molecule has 6 nitrogen and oxygen atoms in total. The predicted molar refractivity (Wildman–Crippen MR) is 115 cm³/mol. The molecule has 0 spiro atoms. The molecule has 1 aliphatic carbocycles. The molecular formula is C21H16ClFN4O2S. The van der Waals surface area contributed by atoms with Crippen molar-refractivity contribution >= 4 is 38.2 Å². The molecule has 1 atom stereocenters. The maximum atomic E-state index is 14.1. The minimum absolute atomic E-state index is 0.0707. The molecule has 152 valence electrons. The second-order valence-electron chi connectivity index (χ2n) is 7.36. The Bertz CT molecular complexity index is 1490. The summed E-state index contributed by atoms with van der Waals surface area (Å²) in [6.45, 7) is 1.70. The second-order valence-corrected chi connectivity index (χ2v) is 10.0. The Balaban J connectivity index is 1.82. The standard InChI is InChI=1S/C21H16ClFN4O2S/c1-21(9-5-2-6-10-21)30(28,29)26-13-16(14-7-3-4-8-17(14)26)15-11-18(22)25-27-19(23)12-24-20(15)27/h2-9,11-13H,10H2,1H3. The van der Waals surface area contributed by atoms with E-state index in [9.17, 15) is 12.8 Å². The van der Waals surface area contributed by atoms with Crippen LogP contribution in [0.15, 0.2) is 67.0 Å². The van der Waals surface area contributed by atoms with Crippen LogP contribution in [0.3, 0.4) is 0 Å². The minimum Gasteiger partial charge on any atom is -0.244 e. The number of para-hydroxylation sites is 1. The van der Waals surface area contributed by atoms with E-state index in [-0.39, 0.29) is 10.8 Å². The van der Waals surface area contributed by atoms with E-state index < -0.39 is 20.7 Å². The Hall–Kier alpha value is -2.97. The van der Waals surface area contributed by atoms with Gasteiger partial charge in [0.2, 0.25) is 16.0 Å². The molecule has 0 saturated carbocycles. The van der Waals surface area contributed by atoms with E-state index in [1.165, 1.54) is 3.97 Å². The summed E-state index contributed by atoms with van der Waals surface area (Å²) in [6, 6.07) is 8.72. The molecule has 30 heavy (non-hydrogen) atoms. The lowest BCUT2D eigenvalue weighted by molar-refractivity contribution is 0.549. The summed E-state index contributed by atoms with van der Waals surface area (Å²) in [6.07, 6.45) is 10.1. The van der Waals surface area contributed by atoms with E-state index in [0.29, 0.717) is 28.5 Å². The highest BCUT2D eigenvalue weighted by atomic mass is 35.5. The number of imidazole rings is 1. The molecule has 1 unspecified atom stereocenters. The number of hydrogen-bond acceptors (Lipinski definition) is 4. The molecule has 3 aromatic heterocycles. The van der Waals surface area contributed by atoms with E-state index in [1.807, 2.05) is 24.3 Å². The Morgan fingerprint density at radius 2 is 2.00 bits per heavy atom. The van der Waals surface area contributed by atoms with Crippen molar-refractivity contribution in [2.75, 3.05) is 0 Å². The highest BCUT2D eigenvalue weighted by molar-refractivity contribution is 7.91. The fourth-order valence-electron chi connectivity index (χ4n) is 3.80. The molecule has 3 heterocycles.